The van der Waals surface area contributed by atoms with Gasteiger partial charge >= 0.3 is 0 Å². The SMILES string of the molecule is C=CN=NN(C=C)C(CCCCCCC)CCCCCCC. The molecule has 0 radical (unpaired) electrons. The van der Waals surface area contributed by atoms with Gasteiger partial charge in [0.2, 0.25) is 0 Å². The van der Waals surface area contributed by atoms with Gasteiger partial charge in [0.25, 0.3) is 0 Å². The first-order chi connectivity index (χ1) is 10.8. The van der Waals surface area contributed by atoms with Gasteiger partial charge in [-0.1, -0.05) is 96.4 Å². The maximum atomic E-state index is 4.21. The van der Waals surface area contributed by atoms with Gasteiger partial charge in [-0.2, -0.15) is 0 Å². The lowest BCUT2D eigenvalue weighted by Gasteiger charge is -2.25. The van der Waals surface area contributed by atoms with E-state index in [1.54, 1.807) is 6.20 Å². The van der Waals surface area contributed by atoms with Gasteiger partial charge < -0.3 is 0 Å². The summed E-state index contributed by atoms with van der Waals surface area (Å²) < 4.78 is 0. The fourth-order valence-corrected chi connectivity index (χ4v) is 2.73. The minimum atomic E-state index is 0.435. The summed E-state index contributed by atoms with van der Waals surface area (Å²) in [6, 6.07) is 0.435. The van der Waals surface area contributed by atoms with Crippen LogP contribution < -0.4 is 0 Å². The zero-order valence-electron chi connectivity index (χ0n) is 15.0. The van der Waals surface area contributed by atoms with Crippen LogP contribution in [0.25, 0.3) is 0 Å². The molecular formula is C19H37N3. The van der Waals surface area contributed by atoms with Crippen molar-refractivity contribution < 1.29 is 0 Å². The third-order valence-corrected chi connectivity index (χ3v) is 4.08. The molecule has 0 aromatic rings. The molecule has 0 bridgehead atoms. The summed E-state index contributed by atoms with van der Waals surface area (Å²) in [5, 5.41) is 10.1. The van der Waals surface area contributed by atoms with E-state index in [9.17, 15) is 0 Å². The Bertz CT molecular complexity index is 272. The zero-order valence-corrected chi connectivity index (χ0v) is 15.0. The smallest absolute Gasteiger partial charge is 0.0536 e. The highest BCUT2D eigenvalue weighted by atomic mass is 15.5. The van der Waals surface area contributed by atoms with Gasteiger partial charge in [0.15, 0.2) is 0 Å². The third kappa shape index (κ3) is 11.5. The van der Waals surface area contributed by atoms with Crippen LogP contribution in [0.5, 0.6) is 0 Å². The average molecular weight is 308 g/mol. The molecule has 0 fully saturated rings. The van der Waals surface area contributed by atoms with Crippen LogP contribution in [0.15, 0.2) is 35.9 Å². The van der Waals surface area contributed by atoms with Crippen molar-refractivity contribution >= 4 is 0 Å². The Labute approximate surface area is 138 Å². The molecule has 3 heteroatoms. The molecule has 128 valence electrons. The molecule has 0 amide bonds. The van der Waals surface area contributed by atoms with Crippen molar-refractivity contribution in [3.05, 3.63) is 25.6 Å². The third-order valence-electron chi connectivity index (χ3n) is 4.08. The van der Waals surface area contributed by atoms with Crippen LogP contribution in [0.4, 0.5) is 0 Å². The topological polar surface area (TPSA) is 28.0 Å². The molecule has 0 saturated heterocycles. The lowest BCUT2D eigenvalue weighted by atomic mass is 10.00. The first-order valence-corrected chi connectivity index (χ1v) is 9.22. The van der Waals surface area contributed by atoms with Crippen molar-refractivity contribution in [1.29, 1.82) is 0 Å². The Morgan fingerprint density at radius 3 is 1.73 bits per heavy atom. The van der Waals surface area contributed by atoms with E-state index in [0.29, 0.717) is 6.04 Å². The van der Waals surface area contributed by atoms with Gasteiger partial charge in [-0.15, -0.1) is 5.11 Å². The quantitative estimate of drug-likeness (QED) is 0.171. The van der Waals surface area contributed by atoms with E-state index < -0.39 is 0 Å². The monoisotopic (exact) mass is 307 g/mol. The molecule has 3 nitrogen and oxygen atoms in total. The molecule has 0 aliphatic rings. The van der Waals surface area contributed by atoms with E-state index in [-0.39, 0.29) is 0 Å². The van der Waals surface area contributed by atoms with Crippen molar-refractivity contribution in [1.82, 2.24) is 5.01 Å². The van der Waals surface area contributed by atoms with Gasteiger partial charge in [0.1, 0.15) is 0 Å². The molecule has 0 rings (SSSR count). The lowest BCUT2D eigenvalue weighted by Crippen LogP contribution is -2.25. The van der Waals surface area contributed by atoms with Gasteiger partial charge in [0, 0.05) is 12.4 Å². The number of rotatable bonds is 16. The predicted molar refractivity (Wildman–Crippen MR) is 97.6 cm³/mol. The molecule has 0 atom stereocenters. The molecular weight excluding hydrogens is 270 g/mol. The first-order valence-electron chi connectivity index (χ1n) is 9.22. The van der Waals surface area contributed by atoms with Crippen LogP contribution in [0.3, 0.4) is 0 Å². The highest BCUT2D eigenvalue weighted by Gasteiger charge is 2.14. The molecule has 0 saturated carbocycles. The maximum absolute atomic E-state index is 4.21. The Morgan fingerprint density at radius 1 is 0.818 bits per heavy atom. The predicted octanol–water partition coefficient (Wildman–Crippen LogP) is 7.03. The van der Waals surface area contributed by atoms with Crippen LogP contribution in [-0.4, -0.2) is 11.1 Å². The van der Waals surface area contributed by atoms with Crippen molar-refractivity contribution in [2.75, 3.05) is 0 Å². The standard InChI is InChI=1S/C19H37N3/c1-5-9-11-13-15-17-19(18-16-14-12-10-6-2)22(8-4)21-20-7-3/h7-8,19H,3-6,9-18H2,1-2H3. The summed E-state index contributed by atoms with van der Waals surface area (Å²) in [6.45, 7) is 12.0. The number of unbranched alkanes of at least 4 members (excludes halogenated alkanes) is 8. The lowest BCUT2D eigenvalue weighted by molar-refractivity contribution is 0.234. The second-order valence-corrected chi connectivity index (χ2v) is 6.01. The van der Waals surface area contributed by atoms with Crippen molar-refractivity contribution in [2.45, 2.75) is 96.9 Å². The normalized spacial score (nSPS) is 11.2. The summed E-state index contributed by atoms with van der Waals surface area (Å²) in [5.74, 6) is 0. The molecule has 0 spiro atoms. The van der Waals surface area contributed by atoms with E-state index in [1.165, 1.54) is 83.2 Å². The van der Waals surface area contributed by atoms with Crippen molar-refractivity contribution in [3.63, 3.8) is 0 Å². The molecule has 0 aliphatic heterocycles. The highest BCUT2D eigenvalue weighted by molar-refractivity contribution is 4.77. The fourth-order valence-electron chi connectivity index (χ4n) is 2.73. The van der Waals surface area contributed by atoms with Gasteiger partial charge in [0.05, 0.1) is 6.04 Å². The minimum absolute atomic E-state index is 0.435. The van der Waals surface area contributed by atoms with Gasteiger partial charge in [-0.3, -0.25) is 5.01 Å². The molecule has 0 aromatic carbocycles. The Morgan fingerprint density at radius 2 is 1.32 bits per heavy atom. The molecule has 0 aromatic heterocycles. The summed E-state index contributed by atoms with van der Waals surface area (Å²) >= 11 is 0. The molecule has 0 aliphatic carbocycles. The van der Waals surface area contributed by atoms with E-state index in [1.807, 2.05) is 5.01 Å². The minimum Gasteiger partial charge on any atom is -0.252 e. The van der Waals surface area contributed by atoms with Gasteiger partial charge in [-0.25, -0.2) is 0 Å². The van der Waals surface area contributed by atoms with Crippen molar-refractivity contribution in [3.8, 4) is 0 Å². The number of hydrogen-bond donors (Lipinski definition) is 0. The average Bonchev–Trinajstić information content (AvgIpc) is 2.54. The zero-order chi connectivity index (χ0) is 16.5. The largest absolute Gasteiger partial charge is 0.252 e. The fraction of sp³-hybridized carbons (Fsp3) is 0.789. The van der Waals surface area contributed by atoms with Crippen LogP contribution in [0.1, 0.15) is 90.9 Å². The van der Waals surface area contributed by atoms with Crippen LogP contribution >= 0.6 is 0 Å². The second-order valence-electron chi connectivity index (χ2n) is 6.01. The summed E-state index contributed by atoms with van der Waals surface area (Å²) in [6.07, 6.45) is 18.8. The summed E-state index contributed by atoms with van der Waals surface area (Å²) in [5.41, 5.74) is 0. The maximum Gasteiger partial charge on any atom is 0.0536 e. The summed E-state index contributed by atoms with van der Waals surface area (Å²) in [7, 11) is 0. The Balaban J connectivity index is 4.24. The van der Waals surface area contributed by atoms with E-state index >= 15 is 0 Å². The Hall–Kier alpha value is -1.12. The number of hydrogen-bond acceptors (Lipinski definition) is 2. The Kier molecular flexibility index (Phi) is 15.4. The molecule has 0 heterocycles. The number of nitrogens with zero attached hydrogens (tertiary/aromatic N) is 3. The van der Waals surface area contributed by atoms with E-state index in [2.05, 4.69) is 37.3 Å². The van der Waals surface area contributed by atoms with Crippen LogP contribution in [0, 0.1) is 0 Å². The van der Waals surface area contributed by atoms with E-state index in [4.69, 9.17) is 0 Å². The van der Waals surface area contributed by atoms with Crippen molar-refractivity contribution in [2.24, 2.45) is 10.3 Å². The molecule has 22 heavy (non-hydrogen) atoms. The second kappa shape index (κ2) is 16.3. The van der Waals surface area contributed by atoms with Gasteiger partial charge in [-0.05, 0) is 12.8 Å². The molecule has 0 N–H and O–H groups in total. The molecule has 0 unspecified atom stereocenters. The van der Waals surface area contributed by atoms with Crippen LogP contribution in [0.2, 0.25) is 0 Å². The summed E-state index contributed by atoms with van der Waals surface area (Å²) in [4.78, 5) is 0. The highest BCUT2D eigenvalue weighted by Crippen LogP contribution is 2.19. The van der Waals surface area contributed by atoms with E-state index in [0.717, 1.165) is 0 Å². The first kappa shape index (κ1) is 20.9. The van der Waals surface area contributed by atoms with Crippen LogP contribution in [-0.2, 0) is 0 Å².